The zero-order chi connectivity index (χ0) is 12.4. The molecular weight excluding hydrogens is 248 g/mol. The molecule has 3 rings (SSSR count). The van der Waals surface area contributed by atoms with E-state index in [9.17, 15) is 4.79 Å². The fourth-order valence-electron chi connectivity index (χ4n) is 2.38. The molecule has 5 heteroatoms. The van der Waals surface area contributed by atoms with Crippen LogP contribution in [0.2, 0.25) is 0 Å². The standard InChI is InChI=1S/C13H16N2O2S/c16-12(10-4-2-1-3-5-10)15-8-11(9-15)17-13-14-6-7-18-13/h1-2,6-7,10-11H,3-5,8-9H2. The monoisotopic (exact) mass is 264 g/mol. The molecule has 1 atom stereocenters. The number of allylic oxidation sites excluding steroid dienone is 2. The number of nitrogens with zero attached hydrogens (tertiary/aromatic N) is 2. The lowest BCUT2D eigenvalue weighted by Crippen LogP contribution is -2.57. The van der Waals surface area contributed by atoms with Gasteiger partial charge in [0, 0.05) is 17.5 Å². The smallest absolute Gasteiger partial charge is 0.273 e. The highest BCUT2D eigenvalue weighted by molar-refractivity contribution is 7.11. The molecule has 1 aliphatic heterocycles. The molecule has 0 bridgehead atoms. The molecule has 2 aliphatic rings. The predicted octanol–water partition coefficient (Wildman–Crippen LogP) is 2.09. The van der Waals surface area contributed by atoms with Crippen LogP contribution in [0.4, 0.5) is 0 Å². The summed E-state index contributed by atoms with van der Waals surface area (Å²) in [5, 5.41) is 2.60. The number of carbonyl (C=O) groups is 1. The Morgan fingerprint density at radius 3 is 3.00 bits per heavy atom. The van der Waals surface area contributed by atoms with Crippen molar-refractivity contribution in [3.8, 4) is 5.19 Å². The topological polar surface area (TPSA) is 42.4 Å². The summed E-state index contributed by atoms with van der Waals surface area (Å²) in [6.45, 7) is 1.41. The fourth-order valence-corrected chi connectivity index (χ4v) is 2.93. The van der Waals surface area contributed by atoms with Gasteiger partial charge in [-0.15, -0.1) is 0 Å². The van der Waals surface area contributed by atoms with Gasteiger partial charge in [-0.2, -0.15) is 0 Å². The van der Waals surface area contributed by atoms with Gasteiger partial charge in [-0.05, 0) is 19.3 Å². The summed E-state index contributed by atoms with van der Waals surface area (Å²) in [6, 6.07) is 0. The number of likely N-dealkylation sites (tertiary alicyclic amines) is 1. The molecule has 1 unspecified atom stereocenters. The Kier molecular flexibility index (Phi) is 3.32. The summed E-state index contributed by atoms with van der Waals surface area (Å²) in [6.07, 6.45) is 9.05. The molecule has 2 heterocycles. The number of rotatable bonds is 3. The van der Waals surface area contributed by atoms with E-state index in [-0.39, 0.29) is 12.0 Å². The van der Waals surface area contributed by atoms with E-state index in [2.05, 4.69) is 17.1 Å². The molecule has 96 valence electrons. The maximum Gasteiger partial charge on any atom is 0.273 e. The second-order valence-electron chi connectivity index (χ2n) is 4.76. The molecule has 0 saturated carbocycles. The first kappa shape index (κ1) is 11.7. The van der Waals surface area contributed by atoms with Crippen molar-refractivity contribution in [2.45, 2.75) is 25.4 Å². The van der Waals surface area contributed by atoms with Crippen molar-refractivity contribution in [1.29, 1.82) is 0 Å². The van der Waals surface area contributed by atoms with Crippen molar-refractivity contribution >= 4 is 17.2 Å². The number of aromatic nitrogens is 1. The normalized spacial score (nSPS) is 23.8. The molecule has 1 aromatic heterocycles. The lowest BCUT2D eigenvalue weighted by Gasteiger charge is -2.40. The van der Waals surface area contributed by atoms with Gasteiger partial charge in [0.05, 0.1) is 13.1 Å². The summed E-state index contributed by atoms with van der Waals surface area (Å²) in [4.78, 5) is 18.1. The van der Waals surface area contributed by atoms with Gasteiger partial charge in [0.15, 0.2) is 0 Å². The summed E-state index contributed by atoms with van der Waals surface area (Å²) in [7, 11) is 0. The minimum absolute atomic E-state index is 0.124. The molecule has 1 aliphatic carbocycles. The summed E-state index contributed by atoms with van der Waals surface area (Å²) < 4.78 is 5.66. The summed E-state index contributed by atoms with van der Waals surface area (Å²) in [5.41, 5.74) is 0. The van der Waals surface area contributed by atoms with Crippen LogP contribution >= 0.6 is 11.3 Å². The summed E-state index contributed by atoms with van der Waals surface area (Å²) in [5.74, 6) is 0.481. The van der Waals surface area contributed by atoms with Crippen LogP contribution in [0.15, 0.2) is 23.7 Å². The Balaban J connectivity index is 1.46. The van der Waals surface area contributed by atoms with Gasteiger partial charge in [-0.3, -0.25) is 4.79 Å². The highest BCUT2D eigenvalue weighted by Gasteiger charge is 2.35. The number of thiazole rings is 1. The van der Waals surface area contributed by atoms with Crippen molar-refractivity contribution in [2.24, 2.45) is 5.92 Å². The molecule has 0 radical (unpaired) electrons. The third-order valence-electron chi connectivity index (χ3n) is 3.46. The molecule has 1 aromatic rings. The van der Waals surface area contributed by atoms with Crippen LogP contribution in [0.1, 0.15) is 19.3 Å². The van der Waals surface area contributed by atoms with Crippen molar-refractivity contribution in [2.75, 3.05) is 13.1 Å². The number of hydrogen-bond acceptors (Lipinski definition) is 4. The third kappa shape index (κ3) is 2.41. The lowest BCUT2D eigenvalue weighted by atomic mass is 9.92. The molecule has 1 saturated heterocycles. The minimum Gasteiger partial charge on any atom is -0.463 e. The quantitative estimate of drug-likeness (QED) is 0.785. The van der Waals surface area contributed by atoms with E-state index in [0.29, 0.717) is 24.2 Å². The Labute approximate surface area is 110 Å². The van der Waals surface area contributed by atoms with Gasteiger partial charge in [0.1, 0.15) is 6.10 Å². The second-order valence-corrected chi connectivity index (χ2v) is 5.62. The fraction of sp³-hybridized carbons (Fsp3) is 0.538. The first-order valence-electron chi connectivity index (χ1n) is 6.33. The highest BCUT2D eigenvalue weighted by Crippen LogP contribution is 2.25. The van der Waals surface area contributed by atoms with E-state index >= 15 is 0 Å². The maximum absolute atomic E-state index is 12.2. The Bertz CT molecular complexity index is 438. The van der Waals surface area contributed by atoms with Gasteiger partial charge in [-0.25, -0.2) is 4.98 Å². The SMILES string of the molecule is O=C(C1CC=CCC1)N1CC(Oc2nccs2)C1. The van der Waals surface area contributed by atoms with E-state index in [4.69, 9.17) is 4.74 Å². The number of ether oxygens (including phenoxy) is 1. The predicted molar refractivity (Wildman–Crippen MR) is 69.6 cm³/mol. The minimum atomic E-state index is 0.124. The van der Waals surface area contributed by atoms with E-state index in [1.165, 1.54) is 11.3 Å². The molecule has 4 nitrogen and oxygen atoms in total. The van der Waals surface area contributed by atoms with E-state index in [0.717, 1.165) is 19.3 Å². The highest BCUT2D eigenvalue weighted by atomic mass is 32.1. The lowest BCUT2D eigenvalue weighted by molar-refractivity contribution is -0.144. The van der Waals surface area contributed by atoms with E-state index in [1.807, 2.05) is 10.3 Å². The first-order chi connectivity index (χ1) is 8.83. The molecule has 0 aromatic carbocycles. The van der Waals surface area contributed by atoms with Crippen LogP contribution in [-0.2, 0) is 4.79 Å². The molecule has 0 spiro atoms. The molecular formula is C13H16N2O2S. The molecule has 1 fully saturated rings. The van der Waals surface area contributed by atoms with Crippen LogP contribution in [0.3, 0.4) is 0 Å². The Morgan fingerprint density at radius 2 is 2.33 bits per heavy atom. The van der Waals surface area contributed by atoms with Gasteiger partial charge in [0.2, 0.25) is 5.91 Å². The number of carbonyl (C=O) groups excluding carboxylic acids is 1. The average molecular weight is 264 g/mol. The van der Waals surface area contributed by atoms with E-state index in [1.54, 1.807) is 6.20 Å². The van der Waals surface area contributed by atoms with Gasteiger partial charge < -0.3 is 9.64 Å². The van der Waals surface area contributed by atoms with Gasteiger partial charge in [0.25, 0.3) is 5.19 Å². The van der Waals surface area contributed by atoms with Crippen LogP contribution in [0.25, 0.3) is 0 Å². The molecule has 1 amide bonds. The molecule has 0 N–H and O–H groups in total. The Hall–Kier alpha value is -1.36. The summed E-state index contributed by atoms with van der Waals surface area (Å²) >= 11 is 1.49. The first-order valence-corrected chi connectivity index (χ1v) is 7.21. The molecule has 18 heavy (non-hydrogen) atoms. The van der Waals surface area contributed by atoms with Gasteiger partial charge in [-0.1, -0.05) is 23.5 Å². The average Bonchev–Trinajstić information content (AvgIpc) is 2.86. The van der Waals surface area contributed by atoms with Crippen molar-refractivity contribution in [3.63, 3.8) is 0 Å². The third-order valence-corrected chi connectivity index (χ3v) is 4.12. The Morgan fingerprint density at radius 1 is 1.44 bits per heavy atom. The zero-order valence-electron chi connectivity index (χ0n) is 10.1. The van der Waals surface area contributed by atoms with Crippen molar-refractivity contribution in [1.82, 2.24) is 9.88 Å². The zero-order valence-corrected chi connectivity index (χ0v) is 10.9. The van der Waals surface area contributed by atoms with E-state index < -0.39 is 0 Å². The van der Waals surface area contributed by atoms with Crippen LogP contribution in [0.5, 0.6) is 5.19 Å². The van der Waals surface area contributed by atoms with Crippen LogP contribution < -0.4 is 4.74 Å². The number of hydrogen-bond donors (Lipinski definition) is 0. The second kappa shape index (κ2) is 5.10. The number of amides is 1. The van der Waals surface area contributed by atoms with Crippen molar-refractivity contribution in [3.05, 3.63) is 23.7 Å². The largest absolute Gasteiger partial charge is 0.463 e. The van der Waals surface area contributed by atoms with Crippen LogP contribution in [-0.4, -0.2) is 35.0 Å². The van der Waals surface area contributed by atoms with Crippen molar-refractivity contribution < 1.29 is 9.53 Å². The van der Waals surface area contributed by atoms with Gasteiger partial charge >= 0.3 is 0 Å². The van der Waals surface area contributed by atoms with Crippen LogP contribution in [0, 0.1) is 5.92 Å². The maximum atomic E-state index is 12.2.